The highest BCUT2D eigenvalue weighted by atomic mass is 32.2. The maximum absolute atomic E-state index is 13.2. The van der Waals surface area contributed by atoms with Crippen LogP contribution in [0.25, 0.3) is 0 Å². The van der Waals surface area contributed by atoms with Gasteiger partial charge in [0.25, 0.3) is 0 Å². The van der Waals surface area contributed by atoms with Gasteiger partial charge >= 0.3 is 12.5 Å². The number of nitrogens with two attached hydrogens (primary N) is 1. The van der Waals surface area contributed by atoms with Crippen molar-refractivity contribution in [1.29, 1.82) is 0 Å². The lowest BCUT2D eigenvalue weighted by molar-refractivity contribution is -0.274. The average molecular weight is 576 g/mol. The number of nitrogens with zero attached hydrogens (tertiary/aromatic N) is 1. The van der Waals surface area contributed by atoms with Gasteiger partial charge in [-0.3, -0.25) is 0 Å². The number of anilines is 1. The summed E-state index contributed by atoms with van der Waals surface area (Å²) in [5.74, 6) is -2.11. The van der Waals surface area contributed by atoms with E-state index in [1.807, 2.05) is 0 Å². The van der Waals surface area contributed by atoms with Gasteiger partial charge in [0.15, 0.2) is 0 Å². The predicted octanol–water partition coefficient (Wildman–Crippen LogP) is 3.53. The molecule has 1 aliphatic heterocycles. The number of ether oxygens (including phenoxy) is 1. The number of benzene rings is 2. The number of hydrogen-bond acceptors (Lipinski definition) is 6. The molecule has 0 aromatic heterocycles. The van der Waals surface area contributed by atoms with Crippen molar-refractivity contribution in [3.63, 3.8) is 0 Å². The van der Waals surface area contributed by atoms with E-state index in [4.69, 9.17) is 5.14 Å². The Balaban J connectivity index is 1.75. The second kappa shape index (κ2) is 10.7. The molecule has 0 radical (unpaired) electrons. The first-order valence-electron chi connectivity index (χ1n) is 10.8. The molecule has 8 nitrogen and oxygen atoms in total. The third-order valence-corrected chi connectivity index (χ3v) is 8.03. The molecular weight excluding hydrogens is 552 g/mol. The van der Waals surface area contributed by atoms with Crippen LogP contribution in [0, 0.1) is 5.92 Å². The van der Waals surface area contributed by atoms with Crippen LogP contribution in [0.4, 0.5) is 32.0 Å². The molecule has 37 heavy (non-hydrogen) atoms. The molecule has 2 aromatic rings. The summed E-state index contributed by atoms with van der Waals surface area (Å²) < 4.78 is 132. The number of rotatable bonds is 8. The van der Waals surface area contributed by atoms with Crippen LogP contribution in [0.2, 0.25) is 0 Å². The smallest absolute Gasteiger partial charge is 0.406 e. The minimum absolute atomic E-state index is 0.0816. The molecule has 0 bridgehead atoms. The van der Waals surface area contributed by atoms with E-state index >= 15 is 0 Å². The van der Waals surface area contributed by atoms with Crippen molar-refractivity contribution in [3.8, 4) is 5.75 Å². The van der Waals surface area contributed by atoms with Crippen molar-refractivity contribution >= 4 is 25.7 Å². The van der Waals surface area contributed by atoms with Crippen LogP contribution in [0.5, 0.6) is 5.75 Å². The molecule has 206 valence electrons. The van der Waals surface area contributed by atoms with Gasteiger partial charge in [-0.25, -0.2) is 26.7 Å². The summed E-state index contributed by atoms with van der Waals surface area (Å²) in [7, 11) is -8.78. The van der Waals surface area contributed by atoms with E-state index in [1.54, 1.807) is 0 Å². The van der Waals surface area contributed by atoms with Crippen LogP contribution >= 0.6 is 0 Å². The van der Waals surface area contributed by atoms with Gasteiger partial charge in [-0.2, -0.15) is 13.2 Å². The molecule has 1 aliphatic rings. The number of primary sulfonamides is 1. The maximum Gasteiger partial charge on any atom is 0.573 e. The van der Waals surface area contributed by atoms with Gasteiger partial charge in [-0.05, 0) is 55.2 Å². The Morgan fingerprint density at radius 1 is 1.00 bits per heavy atom. The number of hydrogen-bond donors (Lipinski definition) is 2. The molecule has 0 amide bonds. The van der Waals surface area contributed by atoms with Crippen LogP contribution in [0.1, 0.15) is 18.4 Å². The fraction of sp³-hybridized carbons (Fsp3) is 0.429. The Labute approximate surface area is 209 Å². The van der Waals surface area contributed by atoms with Crippen molar-refractivity contribution in [2.24, 2.45) is 11.1 Å². The zero-order chi connectivity index (χ0) is 27.6. The minimum atomic E-state index is -4.85. The SMILES string of the molecule is NS(=O)(=O)c1cc(S(=O)(=O)NCCc2ccc(OC(F)(F)F)cc2)ccc1N1CCC[C@@H](C(F)(F)F)C1. The second-order valence-corrected chi connectivity index (χ2v) is 11.6. The molecule has 3 N–H and O–H groups in total. The Kier molecular flexibility index (Phi) is 8.36. The minimum Gasteiger partial charge on any atom is -0.406 e. The molecule has 1 saturated heterocycles. The molecular formula is C21H23F6N3O5S2. The Hall–Kier alpha value is -2.56. The summed E-state index contributed by atoms with van der Waals surface area (Å²) in [4.78, 5) is 0.120. The number of piperidine rings is 1. The van der Waals surface area contributed by atoms with Gasteiger partial charge in [0.05, 0.1) is 16.5 Å². The molecule has 0 unspecified atom stereocenters. The topological polar surface area (TPSA) is 119 Å². The quantitative estimate of drug-likeness (QED) is 0.465. The highest BCUT2D eigenvalue weighted by Gasteiger charge is 2.42. The first-order valence-corrected chi connectivity index (χ1v) is 13.8. The lowest BCUT2D eigenvalue weighted by atomic mass is 9.97. The number of nitrogens with one attached hydrogen (secondary N) is 1. The lowest BCUT2D eigenvalue weighted by Gasteiger charge is -2.36. The van der Waals surface area contributed by atoms with E-state index < -0.39 is 60.6 Å². The highest BCUT2D eigenvalue weighted by Crippen LogP contribution is 2.37. The van der Waals surface area contributed by atoms with Crippen LogP contribution in [-0.4, -0.2) is 49.0 Å². The summed E-state index contributed by atoms with van der Waals surface area (Å²) in [6.45, 7) is -0.553. The fourth-order valence-electron chi connectivity index (χ4n) is 3.88. The second-order valence-electron chi connectivity index (χ2n) is 8.34. The number of halogens is 6. The first-order chi connectivity index (χ1) is 17.0. The van der Waals surface area contributed by atoms with Crippen LogP contribution in [-0.2, 0) is 26.5 Å². The third-order valence-electron chi connectivity index (χ3n) is 5.64. The van der Waals surface area contributed by atoms with Gasteiger partial charge in [-0.1, -0.05) is 12.1 Å². The largest absolute Gasteiger partial charge is 0.573 e. The molecule has 1 heterocycles. The zero-order valence-electron chi connectivity index (χ0n) is 19.0. The van der Waals surface area contributed by atoms with E-state index in [2.05, 4.69) is 9.46 Å². The van der Waals surface area contributed by atoms with E-state index in [9.17, 15) is 43.2 Å². The zero-order valence-corrected chi connectivity index (χ0v) is 20.6. The molecule has 1 atom stereocenters. The lowest BCUT2D eigenvalue weighted by Crippen LogP contribution is -2.42. The predicted molar refractivity (Wildman–Crippen MR) is 121 cm³/mol. The normalized spacial score (nSPS) is 17.6. The summed E-state index contributed by atoms with van der Waals surface area (Å²) in [5, 5.41) is 5.25. The van der Waals surface area contributed by atoms with Crippen molar-refractivity contribution in [2.75, 3.05) is 24.5 Å². The van der Waals surface area contributed by atoms with Crippen LogP contribution in [0.15, 0.2) is 52.3 Å². The molecule has 0 saturated carbocycles. The van der Waals surface area contributed by atoms with E-state index in [0.29, 0.717) is 5.56 Å². The maximum atomic E-state index is 13.2. The summed E-state index contributed by atoms with van der Waals surface area (Å²) in [6.07, 6.45) is -9.20. The third kappa shape index (κ3) is 7.96. The molecule has 1 fully saturated rings. The van der Waals surface area contributed by atoms with Gasteiger partial charge in [0, 0.05) is 19.6 Å². The van der Waals surface area contributed by atoms with E-state index in [0.717, 1.165) is 30.3 Å². The van der Waals surface area contributed by atoms with Crippen molar-refractivity contribution < 1.29 is 47.9 Å². The van der Waals surface area contributed by atoms with Gasteiger partial charge in [0.2, 0.25) is 20.0 Å². The summed E-state index contributed by atoms with van der Waals surface area (Å²) in [5.41, 5.74) is 0.360. The van der Waals surface area contributed by atoms with Crippen molar-refractivity contribution in [3.05, 3.63) is 48.0 Å². The highest BCUT2D eigenvalue weighted by molar-refractivity contribution is 7.90. The van der Waals surface area contributed by atoms with Crippen LogP contribution in [0.3, 0.4) is 0 Å². The molecule has 0 aliphatic carbocycles. The number of alkyl halides is 6. The standard InChI is InChI=1S/C21H23F6N3O5S2/c22-20(23,24)15-2-1-11-30(13-15)18-8-7-17(12-19(18)36(28,31)32)37(33,34)29-10-9-14-3-5-16(6-4-14)35-21(25,26)27/h3-8,12,15,29H,1-2,9-11,13H2,(H2,28,31,32)/t15-/m1/s1. The molecule has 3 rings (SSSR count). The summed E-state index contributed by atoms with van der Waals surface area (Å²) in [6, 6.07) is 7.72. The molecule has 2 aromatic carbocycles. The van der Waals surface area contributed by atoms with Gasteiger partial charge in [0.1, 0.15) is 10.6 Å². The van der Waals surface area contributed by atoms with E-state index in [1.165, 1.54) is 17.0 Å². The van der Waals surface area contributed by atoms with Crippen molar-refractivity contribution in [1.82, 2.24) is 4.72 Å². The Bertz CT molecular complexity index is 1310. The number of sulfonamides is 2. The monoisotopic (exact) mass is 575 g/mol. The Morgan fingerprint density at radius 2 is 1.65 bits per heavy atom. The fourth-order valence-corrected chi connectivity index (χ4v) is 5.80. The Morgan fingerprint density at radius 3 is 2.22 bits per heavy atom. The van der Waals surface area contributed by atoms with Crippen LogP contribution < -0.4 is 19.5 Å². The van der Waals surface area contributed by atoms with Gasteiger partial charge in [-0.15, -0.1) is 13.2 Å². The molecule has 16 heteroatoms. The van der Waals surface area contributed by atoms with Gasteiger partial charge < -0.3 is 9.64 Å². The van der Waals surface area contributed by atoms with E-state index in [-0.39, 0.29) is 38.0 Å². The molecule has 0 spiro atoms. The summed E-state index contributed by atoms with van der Waals surface area (Å²) >= 11 is 0. The first kappa shape index (κ1) is 29.0. The average Bonchev–Trinajstić information content (AvgIpc) is 2.78. The van der Waals surface area contributed by atoms with Crippen molar-refractivity contribution in [2.45, 2.75) is 41.6 Å².